The Morgan fingerprint density at radius 1 is 1.58 bits per heavy atom. The number of ether oxygens (including phenoxy) is 2. The van der Waals surface area contributed by atoms with E-state index in [1.165, 1.54) is 11.3 Å². The predicted octanol–water partition coefficient (Wildman–Crippen LogP) is 2.35. The molecule has 0 aromatic carbocycles. The molecule has 0 aliphatic carbocycles. The summed E-state index contributed by atoms with van der Waals surface area (Å²) in [6.45, 7) is 4.56. The molecule has 1 fully saturated rings. The number of hydrogen-bond acceptors (Lipinski definition) is 5. The van der Waals surface area contributed by atoms with Crippen LogP contribution in [-0.4, -0.2) is 31.2 Å². The molecule has 1 aliphatic rings. The summed E-state index contributed by atoms with van der Waals surface area (Å²) in [7, 11) is 0. The smallest absolute Gasteiger partial charge is 0.348 e. The normalized spacial score (nSPS) is 18.3. The summed E-state index contributed by atoms with van der Waals surface area (Å²) in [5.41, 5.74) is 0.811. The molecule has 1 atom stereocenters. The second-order valence-electron chi connectivity index (χ2n) is 4.33. The molecular formula is C13H17NO4S. The van der Waals surface area contributed by atoms with Crippen molar-refractivity contribution in [2.45, 2.75) is 32.8 Å². The van der Waals surface area contributed by atoms with Gasteiger partial charge in [0, 0.05) is 6.61 Å². The molecule has 2 rings (SSSR count). The summed E-state index contributed by atoms with van der Waals surface area (Å²) < 4.78 is 10.3. The van der Waals surface area contributed by atoms with Gasteiger partial charge in [-0.15, -0.1) is 11.3 Å². The summed E-state index contributed by atoms with van der Waals surface area (Å²) in [5.74, 6) is -0.489. The fourth-order valence-corrected chi connectivity index (χ4v) is 2.90. The molecule has 1 aromatic heterocycles. The largest absolute Gasteiger partial charge is 0.462 e. The van der Waals surface area contributed by atoms with Gasteiger partial charge in [0.05, 0.1) is 11.6 Å². The lowest BCUT2D eigenvalue weighted by Crippen LogP contribution is -2.26. The van der Waals surface area contributed by atoms with Gasteiger partial charge in [0.15, 0.2) is 0 Å². The van der Waals surface area contributed by atoms with Gasteiger partial charge in [0.1, 0.15) is 11.0 Å². The number of nitrogens with one attached hydrogen (secondary N) is 1. The van der Waals surface area contributed by atoms with Crippen molar-refractivity contribution >= 4 is 28.2 Å². The molecule has 0 saturated carbocycles. The zero-order chi connectivity index (χ0) is 13.8. The van der Waals surface area contributed by atoms with E-state index in [0.717, 1.165) is 18.4 Å². The van der Waals surface area contributed by atoms with E-state index in [-0.39, 0.29) is 18.0 Å². The van der Waals surface area contributed by atoms with Gasteiger partial charge in [-0.3, -0.25) is 4.79 Å². The second kappa shape index (κ2) is 6.16. The molecule has 2 heterocycles. The fourth-order valence-electron chi connectivity index (χ4n) is 1.93. The highest BCUT2D eigenvalue weighted by Gasteiger charge is 2.24. The quantitative estimate of drug-likeness (QED) is 0.861. The summed E-state index contributed by atoms with van der Waals surface area (Å²) in [6.07, 6.45) is 1.30. The van der Waals surface area contributed by atoms with Crippen LogP contribution in [0.4, 0.5) is 5.00 Å². The van der Waals surface area contributed by atoms with E-state index in [9.17, 15) is 9.59 Å². The van der Waals surface area contributed by atoms with Crippen molar-refractivity contribution < 1.29 is 19.1 Å². The molecule has 1 aliphatic heterocycles. The number of carbonyl (C=O) groups is 2. The van der Waals surface area contributed by atoms with Crippen molar-refractivity contribution in [1.82, 2.24) is 0 Å². The summed E-state index contributed by atoms with van der Waals surface area (Å²) >= 11 is 1.23. The fraction of sp³-hybridized carbons (Fsp3) is 0.538. The van der Waals surface area contributed by atoms with Crippen LogP contribution in [0.25, 0.3) is 0 Å². The number of amides is 1. The highest BCUT2D eigenvalue weighted by atomic mass is 32.1. The topological polar surface area (TPSA) is 64.6 Å². The second-order valence-corrected chi connectivity index (χ2v) is 5.39. The van der Waals surface area contributed by atoms with Crippen LogP contribution in [0.3, 0.4) is 0 Å². The van der Waals surface area contributed by atoms with Crippen molar-refractivity contribution in [2.75, 3.05) is 18.5 Å². The average Bonchev–Trinajstić information content (AvgIpc) is 2.99. The first kappa shape index (κ1) is 14.0. The maximum atomic E-state index is 11.9. The lowest BCUT2D eigenvalue weighted by atomic mass is 10.2. The van der Waals surface area contributed by atoms with Crippen LogP contribution < -0.4 is 5.32 Å². The van der Waals surface area contributed by atoms with E-state index in [1.807, 2.05) is 6.92 Å². The Hall–Kier alpha value is -1.40. The van der Waals surface area contributed by atoms with Gasteiger partial charge in [0.2, 0.25) is 0 Å². The average molecular weight is 283 g/mol. The van der Waals surface area contributed by atoms with Gasteiger partial charge in [-0.05, 0) is 38.3 Å². The van der Waals surface area contributed by atoms with Gasteiger partial charge >= 0.3 is 5.97 Å². The number of thiophene rings is 1. The molecule has 1 amide bonds. The van der Waals surface area contributed by atoms with Crippen molar-refractivity contribution in [2.24, 2.45) is 0 Å². The minimum Gasteiger partial charge on any atom is -0.462 e. The zero-order valence-electron chi connectivity index (χ0n) is 11.0. The molecule has 0 unspecified atom stereocenters. The van der Waals surface area contributed by atoms with Gasteiger partial charge < -0.3 is 14.8 Å². The summed E-state index contributed by atoms with van der Waals surface area (Å²) in [4.78, 5) is 24.1. The van der Waals surface area contributed by atoms with Crippen molar-refractivity contribution in [1.29, 1.82) is 0 Å². The van der Waals surface area contributed by atoms with E-state index >= 15 is 0 Å². The minimum atomic E-state index is -0.367. The van der Waals surface area contributed by atoms with E-state index in [0.29, 0.717) is 23.1 Å². The lowest BCUT2D eigenvalue weighted by Gasteiger charge is -2.08. The maximum absolute atomic E-state index is 11.9. The first-order valence-corrected chi connectivity index (χ1v) is 7.13. The Labute approximate surface area is 115 Å². The Kier molecular flexibility index (Phi) is 4.55. The first-order valence-electron chi connectivity index (χ1n) is 6.32. The van der Waals surface area contributed by atoms with Crippen LogP contribution in [0.2, 0.25) is 0 Å². The van der Waals surface area contributed by atoms with Gasteiger partial charge in [-0.2, -0.15) is 0 Å². The third kappa shape index (κ3) is 3.33. The molecule has 1 aromatic rings. The SMILES string of the molecule is CCOC(=O)c1sc(NC(=O)[C@@H]2CCCO2)cc1C. The van der Waals surface area contributed by atoms with E-state index < -0.39 is 0 Å². The number of anilines is 1. The van der Waals surface area contributed by atoms with Crippen LogP contribution in [0, 0.1) is 6.92 Å². The lowest BCUT2D eigenvalue weighted by molar-refractivity contribution is -0.124. The first-order chi connectivity index (χ1) is 9.11. The maximum Gasteiger partial charge on any atom is 0.348 e. The number of carbonyl (C=O) groups excluding carboxylic acids is 2. The molecule has 0 radical (unpaired) electrons. The van der Waals surface area contributed by atoms with Crippen molar-refractivity contribution in [3.05, 3.63) is 16.5 Å². The molecular weight excluding hydrogens is 266 g/mol. The third-order valence-corrected chi connectivity index (χ3v) is 3.98. The molecule has 1 saturated heterocycles. The van der Waals surface area contributed by atoms with Crippen molar-refractivity contribution in [3.8, 4) is 0 Å². The highest BCUT2D eigenvalue weighted by molar-refractivity contribution is 7.18. The molecule has 0 bridgehead atoms. The van der Waals surface area contributed by atoms with Gasteiger partial charge in [0.25, 0.3) is 5.91 Å². The van der Waals surface area contributed by atoms with E-state index in [1.54, 1.807) is 13.0 Å². The molecule has 6 heteroatoms. The van der Waals surface area contributed by atoms with Crippen LogP contribution in [0.5, 0.6) is 0 Å². The highest BCUT2D eigenvalue weighted by Crippen LogP contribution is 2.28. The Morgan fingerprint density at radius 2 is 2.37 bits per heavy atom. The Morgan fingerprint density at radius 3 is 3.00 bits per heavy atom. The summed E-state index contributed by atoms with van der Waals surface area (Å²) in [5, 5.41) is 3.44. The van der Waals surface area contributed by atoms with Crippen molar-refractivity contribution in [3.63, 3.8) is 0 Å². The van der Waals surface area contributed by atoms with Gasteiger partial charge in [-0.1, -0.05) is 0 Å². The van der Waals surface area contributed by atoms with Crippen LogP contribution in [0.1, 0.15) is 35.0 Å². The number of hydrogen-bond donors (Lipinski definition) is 1. The van der Waals surface area contributed by atoms with Gasteiger partial charge in [-0.25, -0.2) is 4.79 Å². The number of aryl methyl sites for hydroxylation is 1. The molecule has 19 heavy (non-hydrogen) atoms. The number of rotatable bonds is 4. The monoisotopic (exact) mass is 283 g/mol. The zero-order valence-corrected chi connectivity index (χ0v) is 11.8. The van der Waals surface area contributed by atoms with E-state index in [4.69, 9.17) is 9.47 Å². The molecule has 104 valence electrons. The molecule has 1 N–H and O–H groups in total. The Balaban J connectivity index is 2.03. The Bertz CT molecular complexity index is 477. The van der Waals surface area contributed by atoms with E-state index in [2.05, 4.69) is 5.32 Å². The molecule has 5 nitrogen and oxygen atoms in total. The molecule has 0 spiro atoms. The predicted molar refractivity (Wildman–Crippen MR) is 72.6 cm³/mol. The summed E-state index contributed by atoms with van der Waals surface area (Å²) in [6, 6.07) is 1.78. The third-order valence-electron chi connectivity index (χ3n) is 2.85. The van der Waals surface area contributed by atoms with Crippen LogP contribution in [0.15, 0.2) is 6.07 Å². The standard InChI is InChI=1S/C13H17NO4S/c1-3-17-13(16)11-8(2)7-10(19-11)14-12(15)9-5-4-6-18-9/h7,9H,3-6H2,1-2H3,(H,14,15)/t9-/m0/s1. The van der Waals surface area contributed by atoms with Crippen LogP contribution >= 0.6 is 11.3 Å². The number of esters is 1. The minimum absolute atomic E-state index is 0.144. The van der Waals surface area contributed by atoms with Crippen LogP contribution in [-0.2, 0) is 14.3 Å².